The van der Waals surface area contributed by atoms with Crippen molar-refractivity contribution < 1.29 is 13.5 Å². The van der Waals surface area contributed by atoms with Crippen LogP contribution in [0.4, 0.5) is 0 Å². The van der Waals surface area contributed by atoms with Crippen molar-refractivity contribution in [2.24, 2.45) is 5.41 Å². The van der Waals surface area contributed by atoms with Crippen LogP contribution in [0.2, 0.25) is 0 Å². The zero-order chi connectivity index (χ0) is 13.1. The molecule has 0 aromatic carbocycles. The lowest BCUT2D eigenvalue weighted by molar-refractivity contribution is 0.133. The van der Waals surface area contributed by atoms with E-state index >= 15 is 0 Å². The largest absolute Gasteiger partial charge is 0.396 e. The summed E-state index contributed by atoms with van der Waals surface area (Å²) in [6.45, 7) is 2.86. The Bertz CT molecular complexity index is 360. The van der Waals surface area contributed by atoms with Crippen LogP contribution in [0, 0.1) is 5.41 Å². The van der Waals surface area contributed by atoms with Crippen molar-refractivity contribution in [2.45, 2.75) is 25.7 Å². The highest BCUT2D eigenvalue weighted by Gasteiger charge is 2.35. The molecule has 2 rings (SSSR count). The highest BCUT2D eigenvalue weighted by Crippen LogP contribution is 2.37. The van der Waals surface area contributed by atoms with E-state index in [4.69, 9.17) is 0 Å². The Balaban J connectivity index is 1.91. The maximum absolute atomic E-state index is 12.1. The molecule has 1 saturated carbocycles. The van der Waals surface area contributed by atoms with Gasteiger partial charge in [-0.05, 0) is 12.8 Å². The monoisotopic (exact) mass is 277 g/mol. The average Bonchev–Trinajstić information content (AvgIpc) is 2.87. The molecule has 0 aromatic rings. The number of rotatable bonds is 5. The SMILES string of the molecule is O=S(=O)(NCC1(CO)CCCC1)N1CCNCC1. The van der Waals surface area contributed by atoms with E-state index in [2.05, 4.69) is 10.0 Å². The van der Waals surface area contributed by atoms with Crippen molar-refractivity contribution in [3.63, 3.8) is 0 Å². The third-order valence-corrected chi connectivity index (χ3v) is 5.60. The summed E-state index contributed by atoms with van der Waals surface area (Å²) in [5, 5.41) is 12.6. The van der Waals surface area contributed by atoms with Crippen molar-refractivity contribution in [1.82, 2.24) is 14.3 Å². The molecular formula is C11H23N3O3S. The Hall–Kier alpha value is -0.210. The van der Waals surface area contributed by atoms with E-state index in [0.29, 0.717) is 32.7 Å². The van der Waals surface area contributed by atoms with Gasteiger partial charge in [0.15, 0.2) is 0 Å². The Morgan fingerprint density at radius 2 is 1.83 bits per heavy atom. The molecule has 1 aliphatic carbocycles. The van der Waals surface area contributed by atoms with Gasteiger partial charge < -0.3 is 10.4 Å². The molecule has 7 heteroatoms. The van der Waals surface area contributed by atoms with Gasteiger partial charge in [-0.2, -0.15) is 12.7 Å². The smallest absolute Gasteiger partial charge is 0.279 e. The van der Waals surface area contributed by atoms with Crippen molar-refractivity contribution in [1.29, 1.82) is 0 Å². The number of piperazine rings is 1. The number of hydrogen-bond donors (Lipinski definition) is 3. The van der Waals surface area contributed by atoms with Crippen LogP contribution in [0.1, 0.15) is 25.7 Å². The van der Waals surface area contributed by atoms with Gasteiger partial charge in [0.25, 0.3) is 10.2 Å². The van der Waals surface area contributed by atoms with Gasteiger partial charge in [0.2, 0.25) is 0 Å². The molecule has 1 aliphatic heterocycles. The van der Waals surface area contributed by atoms with Crippen LogP contribution in [0.25, 0.3) is 0 Å². The molecular weight excluding hydrogens is 254 g/mol. The fourth-order valence-electron chi connectivity index (χ4n) is 2.74. The summed E-state index contributed by atoms with van der Waals surface area (Å²) in [6.07, 6.45) is 3.98. The summed E-state index contributed by atoms with van der Waals surface area (Å²) in [5.41, 5.74) is -0.235. The molecule has 1 heterocycles. The zero-order valence-corrected chi connectivity index (χ0v) is 11.5. The third-order valence-electron chi connectivity index (χ3n) is 4.05. The number of hydrogen-bond acceptors (Lipinski definition) is 4. The molecule has 3 N–H and O–H groups in total. The van der Waals surface area contributed by atoms with Gasteiger partial charge in [-0.3, -0.25) is 0 Å². The second-order valence-corrected chi connectivity index (χ2v) is 7.10. The second-order valence-electron chi connectivity index (χ2n) is 5.34. The van der Waals surface area contributed by atoms with E-state index in [0.717, 1.165) is 25.7 Å². The minimum atomic E-state index is -3.39. The first kappa shape index (κ1) is 14.2. The molecule has 18 heavy (non-hydrogen) atoms. The van der Waals surface area contributed by atoms with E-state index < -0.39 is 10.2 Å². The van der Waals surface area contributed by atoms with Gasteiger partial charge in [-0.15, -0.1) is 0 Å². The predicted octanol–water partition coefficient (Wildman–Crippen LogP) is -0.721. The van der Waals surface area contributed by atoms with Crippen LogP contribution < -0.4 is 10.0 Å². The molecule has 1 saturated heterocycles. The molecule has 2 fully saturated rings. The van der Waals surface area contributed by atoms with Crippen LogP contribution >= 0.6 is 0 Å². The van der Waals surface area contributed by atoms with Crippen LogP contribution in [-0.4, -0.2) is 57.2 Å². The molecule has 0 aromatic heterocycles. The van der Waals surface area contributed by atoms with Crippen molar-refractivity contribution in [2.75, 3.05) is 39.3 Å². The second kappa shape index (κ2) is 5.83. The lowest BCUT2D eigenvalue weighted by Gasteiger charge is -2.30. The van der Waals surface area contributed by atoms with Crippen LogP contribution in [0.5, 0.6) is 0 Å². The normalized spacial score (nSPS) is 25.4. The average molecular weight is 277 g/mol. The van der Waals surface area contributed by atoms with Crippen molar-refractivity contribution in [3.05, 3.63) is 0 Å². The van der Waals surface area contributed by atoms with Crippen LogP contribution in [-0.2, 0) is 10.2 Å². The Morgan fingerprint density at radius 1 is 1.22 bits per heavy atom. The lowest BCUT2D eigenvalue weighted by atomic mass is 9.88. The van der Waals surface area contributed by atoms with Crippen molar-refractivity contribution >= 4 is 10.2 Å². The maximum atomic E-state index is 12.1. The van der Waals surface area contributed by atoms with Gasteiger partial charge in [-0.25, -0.2) is 4.72 Å². The Labute approximate surface area is 109 Å². The fourth-order valence-corrected chi connectivity index (χ4v) is 4.07. The van der Waals surface area contributed by atoms with Crippen LogP contribution in [0.3, 0.4) is 0 Å². The molecule has 0 atom stereocenters. The number of nitrogens with one attached hydrogen (secondary N) is 2. The summed E-state index contributed by atoms with van der Waals surface area (Å²) < 4.78 is 28.4. The molecule has 6 nitrogen and oxygen atoms in total. The van der Waals surface area contributed by atoms with E-state index in [-0.39, 0.29) is 12.0 Å². The molecule has 0 unspecified atom stereocenters. The van der Waals surface area contributed by atoms with Crippen molar-refractivity contribution in [3.8, 4) is 0 Å². The topological polar surface area (TPSA) is 81.7 Å². The van der Waals surface area contributed by atoms with Gasteiger partial charge in [-0.1, -0.05) is 12.8 Å². The maximum Gasteiger partial charge on any atom is 0.279 e. The summed E-state index contributed by atoms with van der Waals surface area (Å²) in [5.74, 6) is 0. The predicted molar refractivity (Wildman–Crippen MR) is 69.4 cm³/mol. The third kappa shape index (κ3) is 3.21. The summed E-state index contributed by atoms with van der Waals surface area (Å²) in [6, 6.07) is 0. The first-order chi connectivity index (χ1) is 8.58. The molecule has 2 aliphatic rings. The lowest BCUT2D eigenvalue weighted by Crippen LogP contribution is -2.52. The minimum absolute atomic E-state index is 0.0665. The first-order valence-corrected chi connectivity index (χ1v) is 8.08. The number of nitrogens with zero attached hydrogens (tertiary/aromatic N) is 1. The van der Waals surface area contributed by atoms with Gasteiger partial charge in [0.05, 0.1) is 0 Å². The molecule has 0 amide bonds. The Kier molecular flexibility index (Phi) is 4.60. The van der Waals surface area contributed by atoms with E-state index in [1.165, 1.54) is 4.31 Å². The summed E-state index contributed by atoms with van der Waals surface area (Å²) in [7, 11) is -3.39. The van der Waals surface area contributed by atoms with Gasteiger partial charge in [0.1, 0.15) is 0 Å². The highest BCUT2D eigenvalue weighted by atomic mass is 32.2. The standard InChI is InChI=1S/C11H23N3O3S/c15-10-11(3-1-2-4-11)9-13-18(16,17)14-7-5-12-6-8-14/h12-13,15H,1-10H2. The highest BCUT2D eigenvalue weighted by molar-refractivity contribution is 7.87. The number of aliphatic hydroxyl groups is 1. The van der Waals surface area contributed by atoms with E-state index in [9.17, 15) is 13.5 Å². The minimum Gasteiger partial charge on any atom is -0.396 e. The summed E-state index contributed by atoms with van der Waals surface area (Å²) in [4.78, 5) is 0. The molecule has 0 radical (unpaired) electrons. The quantitative estimate of drug-likeness (QED) is 0.619. The summed E-state index contributed by atoms with van der Waals surface area (Å²) >= 11 is 0. The fraction of sp³-hybridized carbons (Fsp3) is 1.00. The molecule has 106 valence electrons. The van der Waals surface area contributed by atoms with E-state index in [1.807, 2.05) is 0 Å². The first-order valence-electron chi connectivity index (χ1n) is 6.64. The van der Waals surface area contributed by atoms with Gasteiger partial charge in [0, 0.05) is 44.7 Å². The number of aliphatic hydroxyl groups excluding tert-OH is 1. The molecule has 0 spiro atoms. The zero-order valence-electron chi connectivity index (χ0n) is 10.7. The van der Waals surface area contributed by atoms with E-state index in [1.54, 1.807) is 0 Å². The van der Waals surface area contributed by atoms with Gasteiger partial charge >= 0.3 is 0 Å². The molecule has 0 bridgehead atoms. The van der Waals surface area contributed by atoms with Crippen LogP contribution in [0.15, 0.2) is 0 Å². The Morgan fingerprint density at radius 3 is 2.39 bits per heavy atom.